The summed E-state index contributed by atoms with van der Waals surface area (Å²) in [7, 11) is 2.02. The number of rotatable bonds is 4. The number of carbonyl (C=O) groups is 1. The minimum absolute atomic E-state index is 0.166. The Labute approximate surface area is 108 Å². The first-order valence-corrected chi connectivity index (χ1v) is 6.40. The lowest BCUT2D eigenvalue weighted by Crippen LogP contribution is -2.24. The molecule has 0 aromatic heterocycles. The molecule has 0 aliphatic heterocycles. The van der Waals surface area contributed by atoms with E-state index in [0.717, 1.165) is 13.0 Å². The highest BCUT2D eigenvalue weighted by molar-refractivity contribution is 5.74. The first kappa shape index (κ1) is 13.1. The van der Waals surface area contributed by atoms with Gasteiger partial charge in [-0.15, -0.1) is 0 Å². The number of hydrogen-bond donors (Lipinski definition) is 1. The van der Waals surface area contributed by atoms with E-state index >= 15 is 0 Å². The maximum absolute atomic E-state index is 10.9. The molecule has 0 amide bonds. The quantitative estimate of drug-likeness (QED) is 0.888. The van der Waals surface area contributed by atoms with Crippen LogP contribution in [0, 0.1) is 26.7 Å². The van der Waals surface area contributed by atoms with Crippen molar-refractivity contribution in [2.75, 3.05) is 7.05 Å². The van der Waals surface area contributed by atoms with Crippen LogP contribution < -0.4 is 0 Å². The van der Waals surface area contributed by atoms with Gasteiger partial charge in [-0.25, -0.2) is 0 Å². The Hall–Kier alpha value is -1.35. The monoisotopic (exact) mass is 247 g/mol. The standard InChI is InChI=1S/C15H21NO2/c1-9-5-10(2)13(11(3)6-9)8-16(4)14-7-12(14)15(17)18/h5-6,12,14H,7-8H2,1-4H3,(H,17,18). The number of carboxylic acids is 1. The summed E-state index contributed by atoms with van der Waals surface area (Å²) in [4.78, 5) is 13.1. The third-order valence-corrected chi connectivity index (χ3v) is 3.89. The van der Waals surface area contributed by atoms with Gasteiger partial charge < -0.3 is 5.11 Å². The number of aryl methyl sites for hydroxylation is 3. The Kier molecular flexibility index (Phi) is 3.44. The maximum Gasteiger partial charge on any atom is 0.308 e. The van der Waals surface area contributed by atoms with E-state index in [2.05, 4.69) is 37.8 Å². The van der Waals surface area contributed by atoms with Gasteiger partial charge in [0.1, 0.15) is 0 Å². The summed E-state index contributed by atoms with van der Waals surface area (Å²) in [6, 6.07) is 4.60. The zero-order chi connectivity index (χ0) is 13.4. The average Bonchev–Trinajstić information content (AvgIpc) is 3.02. The van der Waals surface area contributed by atoms with E-state index < -0.39 is 5.97 Å². The number of carboxylic acid groups (broad SMARTS) is 1. The van der Waals surface area contributed by atoms with Crippen molar-refractivity contribution in [3.05, 3.63) is 34.4 Å². The normalized spacial score (nSPS) is 22.3. The van der Waals surface area contributed by atoms with Crippen molar-refractivity contribution in [2.24, 2.45) is 5.92 Å². The van der Waals surface area contributed by atoms with Gasteiger partial charge in [-0.3, -0.25) is 9.69 Å². The molecule has 0 spiro atoms. The molecule has 0 heterocycles. The Bertz CT molecular complexity index is 458. The fraction of sp³-hybridized carbons (Fsp3) is 0.533. The molecule has 18 heavy (non-hydrogen) atoms. The molecular formula is C15H21NO2. The second kappa shape index (κ2) is 4.73. The predicted molar refractivity (Wildman–Crippen MR) is 71.7 cm³/mol. The van der Waals surface area contributed by atoms with E-state index in [9.17, 15) is 4.79 Å². The van der Waals surface area contributed by atoms with Crippen LogP contribution in [0.5, 0.6) is 0 Å². The molecule has 98 valence electrons. The van der Waals surface area contributed by atoms with Gasteiger partial charge in [-0.2, -0.15) is 0 Å². The number of nitrogens with zero attached hydrogens (tertiary/aromatic N) is 1. The molecular weight excluding hydrogens is 226 g/mol. The minimum atomic E-state index is -0.663. The zero-order valence-electron chi connectivity index (χ0n) is 11.5. The molecule has 1 fully saturated rings. The smallest absolute Gasteiger partial charge is 0.308 e. The fourth-order valence-corrected chi connectivity index (χ4v) is 2.76. The molecule has 0 radical (unpaired) electrons. The molecule has 0 bridgehead atoms. The Morgan fingerprint density at radius 3 is 2.33 bits per heavy atom. The van der Waals surface area contributed by atoms with Crippen LogP contribution in [0.2, 0.25) is 0 Å². The number of benzene rings is 1. The topological polar surface area (TPSA) is 40.5 Å². The van der Waals surface area contributed by atoms with Gasteiger partial charge in [0, 0.05) is 12.6 Å². The van der Waals surface area contributed by atoms with E-state index in [0.29, 0.717) is 0 Å². The first-order valence-electron chi connectivity index (χ1n) is 6.40. The van der Waals surface area contributed by atoms with Gasteiger partial charge in [0.2, 0.25) is 0 Å². The van der Waals surface area contributed by atoms with Crippen LogP contribution in [-0.2, 0) is 11.3 Å². The fourth-order valence-electron chi connectivity index (χ4n) is 2.76. The first-order chi connectivity index (χ1) is 8.40. The third-order valence-electron chi connectivity index (χ3n) is 3.89. The summed E-state index contributed by atoms with van der Waals surface area (Å²) in [6.45, 7) is 7.21. The summed E-state index contributed by atoms with van der Waals surface area (Å²) in [5, 5.41) is 8.96. The lowest BCUT2D eigenvalue weighted by molar-refractivity contribution is -0.138. The molecule has 3 nitrogen and oxygen atoms in total. The largest absolute Gasteiger partial charge is 0.481 e. The molecule has 2 rings (SSSR count). The van der Waals surface area contributed by atoms with Gasteiger partial charge in [-0.05, 0) is 50.9 Å². The second-order valence-corrected chi connectivity index (χ2v) is 5.54. The molecule has 1 aromatic rings. The molecule has 1 aromatic carbocycles. The third kappa shape index (κ3) is 2.56. The second-order valence-electron chi connectivity index (χ2n) is 5.54. The maximum atomic E-state index is 10.9. The zero-order valence-corrected chi connectivity index (χ0v) is 11.5. The highest BCUT2D eigenvalue weighted by atomic mass is 16.4. The van der Waals surface area contributed by atoms with E-state index in [1.807, 2.05) is 7.05 Å². The SMILES string of the molecule is Cc1cc(C)c(CN(C)C2CC2C(=O)O)c(C)c1. The minimum Gasteiger partial charge on any atom is -0.481 e. The van der Waals surface area contributed by atoms with E-state index in [1.165, 1.54) is 22.3 Å². The molecule has 0 saturated heterocycles. The van der Waals surface area contributed by atoms with Crippen molar-refractivity contribution < 1.29 is 9.90 Å². The average molecular weight is 247 g/mol. The van der Waals surface area contributed by atoms with Crippen LogP contribution in [0.3, 0.4) is 0 Å². The summed E-state index contributed by atoms with van der Waals surface area (Å²) >= 11 is 0. The Morgan fingerprint density at radius 1 is 1.33 bits per heavy atom. The van der Waals surface area contributed by atoms with Crippen LogP contribution in [0.1, 0.15) is 28.7 Å². The molecule has 2 unspecified atom stereocenters. The Morgan fingerprint density at radius 2 is 1.89 bits per heavy atom. The van der Waals surface area contributed by atoms with Crippen LogP contribution in [0.4, 0.5) is 0 Å². The number of hydrogen-bond acceptors (Lipinski definition) is 2. The molecule has 1 N–H and O–H groups in total. The van der Waals surface area contributed by atoms with E-state index in [-0.39, 0.29) is 12.0 Å². The summed E-state index contributed by atoms with van der Waals surface area (Å²) < 4.78 is 0. The van der Waals surface area contributed by atoms with Gasteiger partial charge in [-0.1, -0.05) is 17.7 Å². The molecule has 3 heteroatoms. The molecule has 2 atom stereocenters. The molecule has 1 aliphatic carbocycles. The van der Waals surface area contributed by atoms with Gasteiger partial charge >= 0.3 is 5.97 Å². The van der Waals surface area contributed by atoms with Crippen LogP contribution in [0.25, 0.3) is 0 Å². The van der Waals surface area contributed by atoms with Crippen molar-refractivity contribution in [3.8, 4) is 0 Å². The van der Waals surface area contributed by atoms with Crippen molar-refractivity contribution in [1.29, 1.82) is 0 Å². The highest BCUT2D eigenvalue weighted by Gasteiger charge is 2.45. The molecule has 1 aliphatic rings. The van der Waals surface area contributed by atoms with Gasteiger partial charge in [0.15, 0.2) is 0 Å². The van der Waals surface area contributed by atoms with Crippen LogP contribution in [-0.4, -0.2) is 29.1 Å². The van der Waals surface area contributed by atoms with Crippen molar-refractivity contribution in [1.82, 2.24) is 4.90 Å². The lowest BCUT2D eigenvalue weighted by atomic mass is 9.99. The van der Waals surface area contributed by atoms with Crippen LogP contribution >= 0.6 is 0 Å². The lowest BCUT2D eigenvalue weighted by Gasteiger charge is -2.20. The summed E-state index contributed by atoms with van der Waals surface area (Å²) in [5.74, 6) is -0.828. The Balaban J connectivity index is 2.09. The highest BCUT2D eigenvalue weighted by Crippen LogP contribution is 2.36. The van der Waals surface area contributed by atoms with Crippen molar-refractivity contribution in [3.63, 3.8) is 0 Å². The van der Waals surface area contributed by atoms with E-state index in [4.69, 9.17) is 5.11 Å². The number of aliphatic carboxylic acids is 1. The van der Waals surface area contributed by atoms with Gasteiger partial charge in [0.05, 0.1) is 5.92 Å². The van der Waals surface area contributed by atoms with Gasteiger partial charge in [0.25, 0.3) is 0 Å². The summed E-state index contributed by atoms with van der Waals surface area (Å²) in [6.07, 6.45) is 0.787. The summed E-state index contributed by atoms with van der Waals surface area (Å²) in [5.41, 5.74) is 5.21. The van der Waals surface area contributed by atoms with E-state index in [1.54, 1.807) is 0 Å². The van der Waals surface area contributed by atoms with Crippen LogP contribution in [0.15, 0.2) is 12.1 Å². The van der Waals surface area contributed by atoms with Crippen molar-refractivity contribution in [2.45, 2.75) is 39.8 Å². The van der Waals surface area contributed by atoms with Crippen molar-refractivity contribution >= 4 is 5.97 Å². The molecule has 1 saturated carbocycles. The predicted octanol–water partition coefficient (Wildman–Crippen LogP) is 2.52.